The molecule has 1 amide bonds. The van der Waals surface area contributed by atoms with Crippen molar-refractivity contribution < 1.29 is 28.5 Å². The van der Waals surface area contributed by atoms with E-state index in [2.05, 4.69) is 52.2 Å². The molecule has 0 radical (unpaired) electrons. The first-order chi connectivity index (χ1) is 16.3. The summed E-state index contributed by atoms with van der Waals surface area (Å²) in [7, 11) is 0. The highest BCUT2D eigenvalue weighted by molar-refractivity contribution is 14.1. The van der Waals surface area contributed by atoms with Crippen LogP contribution in [-0.2, 0) is 23.7 Å². The zero-order chi connectivity index (χ0) is 23.1. The summed E-state index contributed by atoms with van der Waals surface area (Å²) in [5, 5.41) is 2.73. The molecule has 1 N–H and O–H groups in total. The number of hydrogen-bond acceptors (Lipinski definition) is 6. The van der Waals surface area contributed by atoms with Crippen molar-refractivity contribution in [2.75, 3.05) is 70.4 Å². The lowest BCUT2D eigenvalue weighted by Crippen LogP contribution is -2.29. The zero-order valence-corrected chi connectivity index (χ0v) is 21.0. The summed E-state index contributed by atoms with van der Waals surface area (Å²) in [6, 6.07) is 16.6. The molecule has 0 saturated carbocycles. The van der Waals surface area contributed by atoms with Gasteiger partial charge in [-0.25, -0.2) is 4.79 Å². The Balaban J connectivity index is 1.21. The molecule has 0 atom stereocenters. The largest absolute Gasteiger partial charge is 0.449 e. The van der Waals surface area contributed by atoms with Crippen LogP contribution in [0.3, 0.4) is 0 Å². The zero-order valence-electron chi connectivity index (χ0n) is 18.8. The monoisotopic (exact) mass is 569 g/mol. The van der Waals surface area contributed by atoms with Gasteiger partial charge in [-0.1, -0.05) is 71.1 Å². The Morgan fingerprint density at radius 1 is 0.727 bits per heavy atom. The van der Waals surface area contributed by atoms with Crippen LogP contribution < -0.4 is 5.32 Å². The quantitative estimate of drug-likeness (QED) is 0.187. The van der Waals surface area contributed by atoms with Crippen molar-refractivity contribution >= 4 is 28.7 Å². The normalized spacial score (nSPS) is 12.4. The maximum Gasteiger partial charge on any atom is 0.407 e. The summed E-state index contributed by atoms with van der Waals surface area (Å²) in [6.45, 7) is 5.06. The molecule has 8 heteroatoms. The van der Waals surface area contributed by atoms with Gasteiger partial charge < -0.3 is 29.0 Å². The number of benzene rings is 2. The van der Waals surface area contributed by atoms with Gasteiger partial charge in [-0.15, -0.1) is 0 Å². The number of carbonyl (C=O) groups is 1. The number of alkyl carbamates (subject to hydrolysis) is 1. The van der Waals surface area contributed by atoms with Gasteiger partial charge in [0.25, 0.3) is 0 Å². The summed E-state index contributed by atoms with van der Waals surface area (Å²) in [5.41, 5.74) is 4.82. The van der Waals surface area contributed by atoms with Crippen LogP contribution in [0, 0.1) is 0 Å². The number of rotatable bonds is 16. The molecule has 1 aliphatic rings. The van der Waals surface area contributed by atoms with Gasteiger partial charge in [0.15, 0.2) is 0 Å². The minimum absolute atomic E-state index is 0.0593. The van der Waals surface area contributed by atoms with E-state index < -0.39 is 6.09 Å². The average molecular weight is 569 g/mol. The molecule has 0 fully saturated rings. The Morgan fingerprint density at radius 3 is 1.76 bits per heavy atom. The molecule has 2 aromatic rings. The van der Waals surface area contributed by atoms with Crippen LogP contribution in [0.4, 0.5) is 4.79 Å². The van der Waals surface area contributed by atoms with Gasteiger partial charge in [-0.3, -0.25) is 0 Å². The molecule has 0 unspecified atom stereocenters. The lowest BCUT2D eigenvalue weighted by atomic mass is 9.98. The van der Waals surface area contributed by atoms with E-state index in [1.54, 1.807) is 0 Å². The third-order valence-electron chi connectivity index (χ3n) is 5.20. The van der Waals surface area contributed by atoms with Crippen LogP contribution in [0.15, 0.2) is 48.5 Å². The number of ether oxygens (including phenoxy) is 5. The molecule has 180 valence electrons. The standard InChI is InChI=1S/C25H32INO6/c26-9-11-29-13-15-31-17-18-32-16-14-30-12-10-27-25(28)33-19-24-22-7-3-1-5-20(22)21-6-2-4-8-23(21)24/h1-8,24H,9-19H2,(H,27,28). The maximum absolute atomic E-state index is 12.1. The predicted octanol–water partition coefficient (Wildman–Crippen LogP) is 4.03. The van der Waals surface area contributed by atoms with E-state index in [0.29, 0.717) is 59.4 Å². The molecule has 2 aromatic carbocycles. The van der Waals surface area contributed by atoms with E-state index in [9.17, 15) is 4.79 Å². The molecule has 0 spiro atoms. The number of fused-ring (bicyclic) bond motifs is 3. The number of nitrogens with one attached hydrogen (secondary N) is 1. The molecule has 0 saturated heterocycles. The van der Waals surface area contributed by atoms with Gasteiger partial charge in [0.05, 0.1) is 52.9 Å². The molecule has 0 heterocycles. The summed E-state index contributed by atoms with van der Waals surface area (Å²) >= 11 is 2.27. The smallest absolute Gasteiger partial charge is 0.407 e. The Morgan fingerprint density at radius 2 is 1.21 bits per heavy atom. The van der Waals surface area contributed by atoms with E-state index in [1.165, 1.54) is 22.3 Å². The van der Waals surface area contributed by atoms with Crippen LogP contribution in [0.2, 0.25) is 0 Å². The van der Waals surface area contributed by atoms with Gasteiger partial charge in [0.2, 0.25) is 0 Å². The fourth-order valence-electron chi connectivity index (χ4n) is 3.69. The van der Waals surface area contributed by atoms with Crippen LogP contribution >= 0.6 is 22.6 Å². The van der Waals surface area contributed by atoms with Crippen LogP contribution in [-0.4, -0.2) is 76.5 Å². The number of alkyl halides is 1. The summed E-state index contributed by atoms with van der Waals surface area (Å²) in [6.07, 6.45) is -0.434. The Hall–Kier alpha value is -1.72. The van der Waals surface area contributed by atoms with Crippen molar-refractivity contribution in [2.24, 2.45) is 0 Å². The second kappa shape index (κ2) is 15.2. The highest BCUT2D eigenvalue weighted by atomic mass is 127. The van der Waals surface area contributed by atoms with Crippen molar-refractivity contribution in [1.82, 2.24) is 5.32 Å². The third-order valence-corrected chi connectivity index (χ3v) is 5.64. The van der Waals surface area contributed by atoms with Crippen LogP contribution in [0.1, 0.15) is 17.0 Å². The second-order valence-electron chi connectivity index (χ2n) is 7.39. The number of amides is 1. The third kappa shape index (κ3) is 8.53. The lowest BCUT2D eigenvalue weighted by molar-refractivity contribution is 0.000276. The molecular weight excluding hydrogens is 537 g/mol. The minimum Gasteiger partial charge on any atom is -0.449 e. The van der Waals surface area contributed by atoms with Gasteiger partial charge >= 0.3 is 6.09 Å². The predicted molar refractivity (Wildman–Crippen MR) is 135 cm³/mol. The van der Waals surface area contributed by atoms with Gasteiger partial charge in [0.1, 0.15) is 6.61 Å². The lowest BCUT2D eigenvalue weighted by Gasteiger charge is -2.14. The first-order valence-corrected chi connectivity index (χ1v) is 12.8. The Kier molecular flexibility index (Phi) is 12.0. The number of halogens is 1. The minimum atomic E-state index is -0.434. The first kappa shape index (κ1) is 25.9. The van der Waals surface area contributed by atoms with E-state index in [0.717, 1.165) is 11.0 Å². The molecule has 1 aliphatic carbocycles. The molecule has 7 nitrogen and oxygen atoms in total. The van der Waals surface area contributed by atoms with Crippen molar-refractivity contribution in [2.45, 2.75) is 5.92 Å². The van der Waals surface area contributed by atoms with Crippen molar-refractivity contribution in [1.29, 1.82) is 0 Å². The highest BCUT2D eigenvalue weighted by Gasteiger charge is 2.28. The van der Waals surface area contributed by atoms with E-state index >= 15 is 0 Å². The Bertz CT molecular complexity index is 804. The van der Waals surface area contributed by atoms with Crippen molar-refractivity contribution in [3.05, 3.63) is 59.7 Å². The fraction of sp³-hybridized carbons (Fsp3) is 0.480. The second-order valence-corrected chi connectivity index (χ2v) is 8.47. The number of hydrogen-bond donors (Lipinski definition) is 1. The summed E-state index contributed by atoms with van der Waals surface area (Å²) < 4.78 is 28.1. The van der Waals surface area contributed by atoms with Crippen molar-refractivity contribution in [3.8, 4) is 11.1 Å². The van der Waals surface area contributed by atoms with E-state index in [4.69, 9.17) is 23.7 Å². The molecule has 0 bridgehead atoms. The van der Waals surface area contributed by atoms with Gasteiger partial charge in [-0.2, -0.15) is 0 Å². The summed E-state index contributed by atoms with van der Waals surface area (Å²) in [5.74, 6) is 0.0593. The molecule has 3 rings (SSSR count). The SMILES string of the molecule is O=C(NCCOCCOCCOCCOCCI)OCC1c2ccccc2-c2ccccc21. The van der Waals surface area contributed by atoms with E-state index in [1.807, 2.05) is 24.3 Å². The van der Waals surface area contributed by atoms with Gasteiger partial charge in [-0.05, 0) is 22.3 Å². The fourth-order valence-corrected chi connectivity index (χ4v) is 4.00. The summed E-state index contributed by atoms with van der Waals surface area (Å²) in [4.78, 5) is 12.1. The van der Waals surface area contributed by atoms with Crippen molar-refractivity contribution in [3.63, 3.8) is 0 Å². The maximum atomic E-state index is 12.1. The topological polar surface area (TPSA) is 75.3 Å². The number of carbonyl (C=O) groups excluding carboxylic acids is 1. The first-order valence-electron chi connectivity index (χ1n) is 11.3. The van der Waals surface area contributed by atoms with Crippen LogP contribution in [0.25, 0.3) is 11.1 Å². The molecule has 33 heavy (non-hydrogen) atoms. The van der Waals surface area contributed by atoms with Gasteiger partial charge in [0, 0.05) is 16.9 Å². The van der Waals surface area contributed by atoms with Crippen LogP contribution in [0.5, 0.6) is 0 Å². The molecule has 0 aliphatic heterocycles. The Labute approximate surface area is 209 Å². The molecule has 0 aromatic heterocycles. The highest BCUT2D eigenvalue weighted by Crippen LogP contribution is 2.44. The van der Waals surface area contributed by atoms with E-state index in [-0.39, 0.29) is 5.92 Å². The average Bonchev–Trinajstić information content (AvgIpc) is 3.16. The molecular formula is C25H32INO6.